The SMILES string of the molecule is C=C=C(C(C)O)[Si](C)(C)C. The summed E-state index contributed by atoms with van der Waals surface area (Å²) >= 11 is 0. The first-order valence-corrected chi connectivity index (χ1v) is 6.98. The highest BCUT2D eigenvalue weighted by atomic mass is 28.3. The fourth-order valence-corrected chi connectivity index (χ4v) is 2.82. The van der Waals surface area contributed by atoms with Crippen LogP contribution in [0, 0.1) is 0 Å². The molecule has 10 heavy (non-hydrogen) atoms. The molecule has 58 valence electrons. The number of aliphatic hydroxyl groups excluding tert-OH is 1. The van der Waals surface area contributed by atoms with E-state index in [4.69, 9.17) is 0 Å². The predicted octanol–water partition coefficient (Wildman–Crippen LogP) is 1.96. The van der Waals surface area contributed by atoms with Crippen molar-refractivity contribution in [3.05, 3.63) is 17.5 Å². The third kappa shape index (κ3) is 2.52. The smallest absolute Gasteiger partial charge is 0.0857 e. The summed E-state index contributed by atoms with van der Waals surface area (Å²) in [6.07, 6.45) is -0.371. The van der Waals surface area contributed by atoms with Crippen molar-refractivity contribution in [3.63, 3.8) is 0 Å². The van der Waals surface area contributed by atoms with E-state index in [1.54, 1.807) is 6.92 Å². The van der Waals surface area contributed by atoms with Gasteiger partial charge in [-0.05, 0) is 12.1 Å². The summed E-state index contributed by atoms with van der Waals surface area (Å²) in [5.74, 6) is 0. The third-order valence-corrected chi connectivity index (χ3v) is 3.63. The zero-order chi connectivity index (χ0) is 8.36. The van der Waals surface area contributed by atoms with Gasteiger partial charge in [-0.1, -0.05) is 26.2 Å². The van der Waals surface area contributed by atoms with Crippen LogP contribution >= 0.6 is 0 Å². The summed E-state index contributed by atoms with van der Waals surface area (Å²) in [5, 5.41) is 10.2. The van der Waals surface area contributed by atoms with Gasteiger partial charge in [0, 0.05) is 0 Å². The van der Waals surface area contributed by atoms with Crippen LogP contribution in [0.3, 0.4) is 0 Å². The first-order valence-electron chi connectivity index (χ1n) is 3.48. The van der Waals surface area contributed by atoms with Crippen LogP contribution in [0.2, 0.25) is 19.6 Å². The average molecular weight is 156 g/mol. The molecule has 1 atom stereocenters. The van der Waals surface area contributed by atoms with Gasteiger partial charge >= 0.3 is 0 Å². The fourth-order valence-electron chi connectivity index (χ4n) is 1.04. The number of hydrogen-bond acceptors (Lipinski definition) is 1. The first kappa shape index (κ1) is 9.70. The Morgan fingerprint density at radius 3 is 1.90 bits per heavy atom. The minimum Gasteiger partial charge on any atom is -0.389 e. The summed E-state index contributed by atoms with van der Waals surface area (Å²) in [5.41, 5.74) is 2.82. The van der Waals surface area contributed by atoms with Crippen molar-refractivity contribution < 1.29 is 5.11 Å². The molecule has 0 saturated carbocycles. The highest BCUT2D eigenvalue weighted by Crippen LogP contribution is 2.16. The van der Waals surface area contributed by atoms with Crippen molar-refractivity contribution >= 4 is 8.07 Å². The molecule has 0 heterocycles. The molecule has 0 saturated heterocycles. The first-order chi connectivity index (χ1) is 4.39. The Balaban J connectivity index is 4.57. The van der Waals surface area contributed by atoms with E-state index < -0.39 is 8.07 Å². The largest absolute Gasteiger partial charge is 0.389 e. The van der Waals surface area contributed by atoms with Crippen molar-refractivity contribution in [3.8, 4) is 0 Å². The quantitative estimate of drug-likeness (QED) is 0.478. The molecule has 0 aromatic heterocycles. The van der Waals surface area contributed by atoms with E-state index in [2.05, 4.69) is 32.0 Å². The molecule has 0 aliphatic heterocycles. The van der Waals surface area contributed by atoms with Crippen molar-refractivity contribution in [2.24, 2.45) is 0 Å². The molecule has 1 N–H and O–H groups in total. The Bertz CT molecular complexity index is 159. The van der Waals surface area contributed by atoms with E-state index in [0.717, 1.165) is 5.20 Å². The van der Waals surface area contributed by atoms with Gasteiger partial charge in [0.05, 0.1) is 14.2 Å². The Morgan fingerprint density at radius 2 is 1.90 bits per heavy atom. The second-order valence-electron chi connectivity index (χ2n) is 3.52. The van der Waals surface area contributed by atoms with E-state index >= 15 is 0 Å². The van der Waals surface area contributed by atoms with Crippen LogP contribution in [0.4, 0.5) is 0 Å². The van der Waals surface area contributed by atoms with Crippen LogP contribution < -0.4 is 0 Å². The molecule has 0 radical (unpaired) electrons. The monoisotopic (exact) mass is 156 g/mol. The maximum Gasteiger partial charge on any atom is 0.0857 e. The molecule has 0 aliphatic carbocycles. The summed E-state index contributed by atoms with van der Waals surface area (Å²) in [6, 6.07) is 0. The van der Waals surface area contributed by atoms with Gasteiger partial charge in [-0.3, -0.25) is 0 Å². The summed E-state index contributed by atoms with van der Waals surface area (Å²) < 4.78 is 0. The molecular formula is C8H16OSi. The number of hydrogen-bond donors (Lipinski definition) is 1. The molecule has 0 aliphatic rings. The van der Waals surface area contributed by atoms with Gasteiger partial charge in [0.1, 0.15) is 0 Å². The van der Waals surface area contributed by atoms with Gasteiger partial charge in [-0.15, -0.1) is 5.73 Å². The predicted molar refractivity (Wildman–Crippen MR) is 47.7 cm³/mol. The normalized spacial score (nSPS) is 14.1. The Kier molecular flexibility index (Phi) is 3.10. The highest BCUT2D eigenvalue weighted by Gasteiger charge is 2.22. The molecule has 0 aromatic rings. The molecule has 2 heteroatoms. The number of aliphatic hydroxyl groups is 1. The lowest BCUT2D eigenvalue weighted by Gasteiger charge is -2.20. The van der Waals surface area contributed by atoms with Gasteiger partial charge in [0.15, 0.2) is 0 Å². The minimum atomic E-state index is -1.36. The lowest BCUT2D eigenvalue weighted by Crippen LogP contribution is -2.30. The van der Waals surface area contributed by atoms with Gasteiger partial charge in [0.25, 0.3) is 0 Å². The van der Waals surface area contributed by atoms with E-state index in [0.29, 0.717) is 0 Å². The molecule has 1 unspecified atom stereocenters. The van der Waals surface area contributed by atoms with Gasteiger partial charge in [-0.25, -0.2) is 0 Å². The van der Waals surface area contributed by atoms with E-state index in [-0.39, 0.29) is 6.10 Å². The zero-order valence-corrected chi connectivity index (χ0v) is 8.23. The molecule has 0 aromatic carbocycles. The molecule has 0 fully saturated rings. The molecule has 1 nitrogen and oxygen atoms in total. The zero-order valence-electron chi connectivity index (χ0n) is 7.23. The lowest BCUT2D eigenvalue weighted by molar-refractivity contribution is 0.238. The lowest BCUT2D eigenvalue weighted by atomic mass is 10.4. The van der Waals surface area contributed by atoms with Crippen molar-refractivity contribution in [1.82, 2.24) is 0 Å². The van der Waals surface area contributed by atoms with Crippen LogP contribution in [0.1, 0.15) is 6.92 Å². The van der Waals surface area contributed by atoms with Crippen LogP contribution in [0.15, 0.2) is 17.5 Å². The standard InChI is InChI=1S/C8H16OSi/c1-6-8(7(2)9)10(3,4)5/h7,9H,1H2,2-5H3. The Morgan fingerprint density at radius 1 is 1.50 bits per heavy atom. The number of rotatable bonds is 2. The van der Waals surface area contributed by atoms with Crippen LogP contribution in [0.25, 0.3) is 0 Å². The van der Waals surface area contributed by atoms with Gasteiger partial charge in [-0.2, -0.15) is 0 Å². The summed E-state index contributed by atoms with van der Waals surface area (Å²) in [6.45, 7) is 11.9. The van der Waals surface area contributed by atoms with Gasteiger partial charge in [0.2, 0.25) is 0 Å². The molecular weight excluding hydrogens is 140 g/mol. The van der Waals surface area contributed by atoms with Crippen molar-refractivity contribution in [1.29, 1.82) is 0 Å². The second kappa shape index (κ2) is 3.20. The van der Waals surface area contributed by atoms with E-state index in [9.17, 15) is 5.11 Å². The minimum absolute atomic E-state index is 0.371. The van der Waals surface area contributed by atoms with Crippen LogP contribution in [-0.2, 0) is 0 Å². The van der Waals surface area contributed by atoms with E-state index in [1.807, 2.05) is 0 Å². The van der Waals surface area contributed by atoms with E-state index in [1.165, 1.54) is 0 Å². The molecule has 0 rings (SSSR count). The Hall–Kier alpha value is -0.303. The molecule has 0 amide bonds. The Labute approximate surface area is 64.1 Å². The average Bonchev–Trinajstić information content (AvgIpc) is 1.60. The highest BCUT2D eigenvalue weighted by molar-refractivity contribution is 6.83. The van der Waals surface area contributed by atoms with Crippen molar-refractivity contribution in [2.45, 2.75) is 32.7 Å². The fraction of sp³-hybridized carbons (Fsp3) is 0.625. The van der Waals surface area contributed by atoms with Crippen LogP contribution in [0.5, 0.6) is 0 Å². The third-order valence-electron chi connectivity index (χ3n) is 1.42. The van der Waals surface area contributed by atoms with Crippen molar-refractivity contribution in [2.75, 3.05) is 0 Å². The second-order valence-corrected chi connectivity index (χ2v) is 8.56. The molecule has 0 spiro atoms. The summed E-state index contributed by atoms with van der Waals surface area (Å²) in [7, 11) is -1.36. The maximum atomic E-state index is 9.24. The van der Waals surface area contributed by atoms with Gasteiger partial charge < -0.3 is 5.11 Å². The summed E-state index contributed by atoms with van der Waals surface area (Å²) in [4.78, 5) is 0. The molecule has 0 bridgehead atoms. The van der Waals surface area contributed by atoms with Crippen LogP contribution in [-0.4, -0.2) is 19.3 Å². The maximum absolute atomic E-state index is 9.24. The topological polar surface area (TPSA) is 20.2 Å².